The van der Waals surface area contributed by atoms with E-state index in [1.54, 1.807) is 0 Å². The van der Waals surface area contributed by atoms with Gasteiger partial charge in [0, 0.05) is 12.8 Å². The van der Waals surface area contributed by atoms with Crippen LogP contribution in [0, 0.1) is 0 Å². The topological polar surface area (TPSA) is 149 Å². The molecule has 336 valence electrons. The van der Waals surface area contributed by atoms with Gasteiger partial charge >= 0.3 is 19.8 Å². The Bertz CT molecular complexity index is 1000. The summed E-state index contributed by atoms with van der Waals surface area (Å²) in [4.78, 5) is 35.1. The van der Waals surface area contributed by atoms with E-state index >= 15 is 0 Å². The van der Waals surface area contributed by atoms with Crippen LogP contribution in [0.4, 0.5) is 0 Å². The van der Waals surface area contributed by atoms with Crippen molar-refractivity contribution in [2.45, 2.75) is 232 Å². The third kappa shape index (κ3) is 42.4. The van der Waals surface area contributed by atoms with Gasteiger partial charge in [0.15, 0.2) is 6.10 Å². The fraction of sp³-hybridized carbons (Fsp3) is 0.870. The van der Waals surface area contributed by atoms with Crippen molar-refractivity contribution in [1.82, 2.24) is 0 Å². The Hall–Kier alpha value is -1.55. The van der Waals surface area contributed by atoms with Gasteiger partial charge in [-0.3, -0.25) is 18.6 Å². The number of esters is 2. The van der Waals surface area contributed by atoms with Gasteiger partial charge in [0.2, 0.25) is 0 Å². The standard InChI is InChI=1S/C46H87O10P/c1-3-5-7-9-11-13-15-17-19-21-22-24-26-28-30-32-34-36-38-46(50)56-44(42-55-57(51,52)54-40-43(48)39-47)41-53-45(49)37-35-33-31-29-27-25-23-20-18-16-14-12-10-8-6-4-2/h13,15,19,21,43-44,47-48H,3-12,14,16-18,20,22-42H2,1-2H3,(H,51,52)/b15-13-,21-19-. The Kier molecular flexibility index (Phi) is 41.4. The predicted molar refractivity (Wildman–Crippen MR) is 233 cm³/mol. The fourth-order valence-electron chi connectivity index (χ4n) is 6.50. The molecule has 57 heavy (non-hydrogen) atoms. The molecule has 0 spiro atoms. The van der Waals surface area contributed by atoms with Gasteiger partial charge in [0.25, 0.3) is 0 Å². The maximum absolute atomic E-state index is 12.6. The molecular formula is C46H87O10P. The smallest absolute Gasteiger partial charge is 0.462 e. The average molecular weight is 831 g/mol. The van der Waals surface area contributed by atoms with Gasteiger partial charge in [-0.2, -0.15) is 0 Å². The van der Waals surface area contributed by atoms with E-state index in [9.17, 15) is 24.2 Å². The Morgan fingerprint density at radius 1 is 0.526 bits per heavy atom. The van der Waals surface area contributed by atoms with E-state index in [0.29, 0.717) is 12.8 Å². The lowest BCUT2D eigenvalue weighted by molar-refractivity contribution is -0.161. The first-order valence-electron chi connectivity index (χ1n) is 23.3. The molecule has 0 fully saturated rings. The molecule has 0 saturated carbocycles. The zero-order valence-corrected chi connectivity index (χ0v) is 37.5. The second kappa shape index (κ2) is 42.6. The molecule has 0 aromatic rings. The number of carbonyl (C=O) groups excluding carboxylic acids is 2. The second-order valence-corrected chi connectivity index (χ2v) is 17.2. The number of hydrogen-bond acceptors (Lipinski definition) is 9. The van der Waals surface area contributed by atoms with Crippen LogP contribution in [0.3, 0.4) is 0 Å². The maximum Gasteiger partial charge on any atom is 0.472 e. The van der Waals surface area contributed by atoms with E-state index in [1.165, 1.54) is 128 Å². The van der Waals surface area contributed by atoms with Crippen LogP contribution >= 0.6 is 7.82 Å². The first-order chi connectivity index (χ1) is 27.7. The highest BCUT2D eigenvalue weighted by Gasteiger charge is 2.27. The summed E-state index contributed by atoms with van der Waals surface area (Å²) < 4.78 is 32.8. The highest BCUT2D eigenvalue weighted by atomic mass is 31.2. The number of allylic oxidation sites excluding steroid dienone is 4. The van der Waals surface area contributed by atoms with Crippen molar-refractivity contribution < 1.29 is 47.8 Å². The molecule has 3 unspecified atom stereocenters. The van der Waals surface area contributed by atoms with Crippen molar-refractivity contribution in [1.29, 1.82) is 0 Å². The van der Waals surface area contributed by atoms with Gasteiger partial charge in [-0.15, -0.1) is 0 Å². The number of aliphatic hydroxyl groups excluding tert-OH is 2. The minimum atomic E-state index is -4.62. The molecular weight excluding hydrogens is 743 g/mol. The molecule has 0 bridgehead atoms. The first kappa shape index (κ1) is 55.5. The van der Waals surface area contributed by atoms with Crippen LogP contribution in [-0.2, 0) is 32.7 Å². The number of carbonyl (C=O) groups is 2. The maximum atomic E-state index is 12.6. The van der Waals surface area contributed by atoms with Crippen LogP contribution in [0.5, 0.6) is 0 Å². The molecule has 0 heterocycles. The lowest BCUT2D eigenvalue weighted by Crippen LogP contribution is -2.29. The zero-order valence-electron chi connectivity index (χ0n) is 36.6. The molecule has 0 rings (SSSR count). The van der Waals surface area contributed by atoms with Gasteiger partial charge in [-0.25, -0.2) is 4.57 Å². The summed E-state index contributed by atoms with van der Waals surface area (Å²) in [6, 6.07) is 0. The Morgan fingerprint density at radius 3 is 1.37 bits per heavy atom. The molecule has 0 radical (unpaired) electrons. The number of ether oxygens (including phenoxy) is 2. The molecule has 11 heteroatoms. The highest BCUT2D eigenvalue weighted by Crippen LogP contribution is 2.43. The molecule has 0 aliphatic rings. The van der Waals surface area contributed by atoms with Crippen LogP contribution in [0.2, 0.25) is 0 Å². The average Bonchev–Trinajstić information content (AvgIpc) is 3.20. The number of aliphatic hydroxyl groups is 2. The van der Waals surface area contributed by atoms with Crippen molar-refractivity contribution in [3.8, 4) is 0 Å². The normalized spacial score (nSPS) is 14.0. The molecule has 3 N–H and O–H groups in total. The Labute approximate surface area is 348 Å². The lowest BCUT2D eigenvalue weighted by Gasteiger charge is -2.20. The van der Waals surface area contributed by atoms with Gasteiger partial charge < -0.3 is 24.6 Å². The number of hydrogen-bond donors (Lipinski definition) is 3. The Morgan fingerprint density at radius 2 is 0.912 bits per heavy atom. The first-order valence-corrected chi connectivity index (χ1v) is 24.8. The SMILES string of the molecule is CCCCCC/C=C\C/C=C\CCCCCCCCCC(=O)OC(COC(=O)CCCCCCCCCCCCCCCCCC)COP(=O)(O)OCC(O)CO. The molecule has 0 saturated heterocycles. The minimum Gasteiger partial charge on any atom is -0.462 e. The van der Waals surface area contributed by atoms with E-state index in [4.69, 9.17) is 23.6 Å². The van der Waals surface area contributed by atoms with E-state index in [0.717, 1.165) is 51.4 Å². The van der Waals surface area contributed by atoms with Crippen molar-refractivity contribution >= 4 is 19.8 Å². The highest BCUT2D eigenvalue weighted by molar-refractivity contribution is 7.47. The van der Waals surface area contributed by atoms with Gasteiger partial charge in [-0.05, 0) is 44.9 Å². The van der Waals surface area contributed by atoms with E-state index < -0.39 is 51.8 Å². The van der Waals surface area contributed by atoms with Crippen LogP contribution < -0.4 is 0 Å². The summed E-state index contributed by atoms with van der Waals surface area (Å²) in [6.45, 7) is 2.39. The van der Waals surface area contributed by atoms with E-state index in [2.05, 4.69) is 38.2 Å². The summed E-state index contributed by atoms with van der Waals surface area (Å²) in [5, 5.41) is 18.4. The number of rotatable bonds is 44. The molecule has 10 nitrogen and oxygen atoms in total. The van der Waals surface area contributed by atoms with Crippen LogP contribution in [-0.4, -0.2) is 65.7 Å². The Balaban J connectivity index is 4.24. The summed E-state index contributed by atoms with van der Waals surface area (Å²) in [7, 11) is -4.62. The molecule has 0 aliphatic heterocycles. The van der Waals surface area contributed by atoms with Gasteiger partial charge in [-0.1, -0.05) is 186 Å². The fourth-order valence-corrected chi connectivity index (χ4v) is 7.28. The molecule has 0 aromatic heterocycles. The largest absolute Gasteiger partial charge is 0.472 e. The molecule has 0 aliphatic carbocycles. The van der Waals surface area contributed by atoms with Gasteiger partial charge in [0.05, 0.1) is 19.8 Å². The molecule has 0 aromatic carbocycles. The monoisotopic (exact) mass is 831 g/mol. The third-order valence-electron chi connectivity index (χ3n) is 10.1. The zero-order chi connectivity index (χ0) is 41.9. The summed E-state index contributed by atoms with van der Waals surface area (Å²) >= 11 is 0. The second-order valence-electron chi connectivity index (χ2n) is 15.8. The van der Waals surface area contributed by atoms with Crippen LogP contribution in [0.15, 0.2) is 24.3 Å². The summed E-state index contributed by atoms with van der Waals surface area (Å²) in [5.41, 5.74) is 0. The minimum absolute atomic E-state index is 0.178. The van der Waals surface area contributed by atoms with Crippen molar-refractivity contribution in [3.63, 3.8) is 0 Å². The molecule has 3 atom stereocenters. The van der Waals surface area contributed by atoms with Crippen LogP contribution in [0.25, 0.3) is 0 Å². The quantitative estimate of drug-likeness (QED) is 0.0234. The lowest BCUT2D eigenvalue weighted by atomic mass is 10.0. The van der Waals surface area contributed by atoms with Crippen molar-refractivity contribution in [2.75, 3.05) is 26.4 Å². The number of phosphoric acid groups is 1. The molecule has 0 amide bonds. The predicted octanol–water partition coefficient (Wildman–Crippen LogP) is 12.6. The van der Waals surface area contributed by atoms with Gasteiger partial charge in [0.1, 0.15) is 12.7 Å². The van der Waals surface area contributed by atoms with Crippen molar-refractivity contribution in [2.24, 2.45) is 0 Å². The summed E-state index contributed by atoms with van der Waals surface area (Å²) in [5.74, 6) is -0.924. The number of phosphoric ester groups is 1. The van der Waals surface area contributed by atoms with E-state index in [-0.39, 0.29) is 19.4 Å². The van der Waals surface area contributed by atoms with E-state index in [1.807, 2.05) is 0 Å². The summed E-state index contributed by atoms with van der Waals surface area (Å²) in [6.07, 6.45) is 42.8. The number of unbranched alkanes of at least 4 members (excludes halogenated alkanes) is 26. The third-order valence-corrected chi connectivity index (χ3v) is 11.1. The van der Waals surface area contributed by atoms with Crippen LogP contribution in [0.1, 0.15) is 219 Å². The van der Waals surface area contributed by atoms with Crippen molar-refractivity contribution in [3.05, 3.63) is 24.3 Å².